The van der Waals surface area contributed by atoms with Crippen molar-refractivity contribution in [3.05, 3.63) is 12.7 Å². The molecule has 0 saturated heterocycles. The Morgan fingerprint density at radius 2 is 1.22 bits per heavy atom. The SMILES string of the molecule is C=CCCC(CCCCC)CCCCCCCC. The first-order valence-corrected chi connectivity index (χ1v) is 8.46. The fourth-order valence-electron chi connectivity index (χ4n) is 2.68. The highest BCUT2D eigenvalue weighted by atomic mass is 14.1. The lowest BCUT2D eigenvalue weighted by atomic mass is 9.90. The molecule has 0 radical (unpaired) electrons. The summed E-state index contributed by atoms with van der Waals surface area (Å²) in [6, 6.07) is 0. The van der Waals surface area contributed by atoms with Crippen LogP contribution in [0.1, 0.15) is 97.3 Å². The molecule has 0 fully saturated rings. The smallest absolute Gasteiger partial charge is 0.0351 e. The molecule has 0 saturated carbocycles. The van der Waals surface area contributed by atoms with Crippen LogP contribution in [0, 0.1) is 5.92 Å². The van der Waals surface area contributed by atoms with Gasteiger partial charge in [0.1, 0.15) is 0 Å². The Morgan fingerprint density at radius 1 is 0.722 bits per heavy atom. The van der Waals surface area contributed by atoms with E-state index in [1.165, 1.54) is 83.5 Å². The van der Waals surface area contributed by atoms with Crippen LogP contribution in [0.4, 0.5) is 0 Å². The molecule has 108 valence electrons. The molecule has 18 heavy (non-hydrogen) atoms. The van der Waals surface area contributed by atoms with E-state index in [1.807, 2.05) is 0 Å². The Balaban J connectivity index is 3.54. The highest BCUT2D eigenvalue weighted by molar-refractivity contribution is 4.70. The van der Waals surface area contributed by atoms with Gasteiger partial charge in [-0.2, -0.15) is 0 Å². The van der Waals surface area contributed by atoms with Crippen molar-refractivity contribution in [3.8, 4) is 0 Å². The van der Waals surface area contributed by atoms with Crippen LogP contribution in [0.25, 0.3) is 0 Å². The summed E-state index contributed by atoms with van der Waals surface area (Å²) in [5.41, 5.74) is 0. The summed E-state index contributed by atoms with van der Waals surface area (Å²) >= 11 is 0. The summed E-state index contributed by atoms with van der Waals surface area (Å²) in [6.07, 6.45) is 20.4. The summed E-state index contributed by atoms with van der Waals surface area (Å²) in [4.78, 5) is 0. The molecule has 0 heterocycles. The lowest BCUT2D eigenvalue weighted by molar-refractivity contribution is 0.385. The van der Waals surface area contributed by atoms with Gasteiger partial charge in [-0.05, 0) is 18.8 Å². The summed E-state index contributed by atoms with van der Waals surface area (Å²) in [5, 5.41) is 0. The molecule has 0 aromatic heterocycles. The predicted molar refractivity (Wildman–Crippen MR) is 85.1 cm³/mol. The van der Waals surface area contributed by atoms with Gasteiger partial charge >= 0.3 is 0 Å². The molecule has 0 rings (SSSR count). The normalized spacial score (nSPS) is 12.6. The van der Waals surface area contributed by atoms with Crippen LogP contribution < -0.4 is 0 Å². The topological polar surface area (TPSA) is 0 Å². The van der Waals surface area contributed by atoms with Gasteiger partial charge in [0.25, 0.3) is 0 Å². The predicted octanol–water partition coefficient (Wildman–Crippen LogP) is 6.90. The molecule has 0 aromatic rings. The summed E-state index contributed by atoms with van der Waals surface area (Å²) in [5.74, 6) is 0.973. The molecule has 0 aromatic carbocycles. The van der Waals surface area contributed by atoms with Crippen molar-refractivity contribution in [2.75, 3.05) is 0 Å². The number of hydrogen-bond donors (Lipinski definition) is 0. The van der Waals surface area contributed by atoms with Gasteiger partial charge in [0.05, 0.1) is 0 Å². The van der Waals surface area contributed by atoms with E-state index in [4.69, 9.17) is 0 Å². The largest absolute Gasteiger partial charge is 0.103 e. The monoisotopic (exact) mass is 252 g/mol. The number of allylic oxidation sites excluding steroid dienone is 1. The molecule has 1 unspecified atom stereocenters. The zero-order valence-corrected chi connectivity index (χ0v) is 13.1. The van der Waals surface area contributed by atoms with E-state index in [9.17, 15) is 0 Å². The third-order valence-electron chi connectivity index (χ3n) is 3.96. The van der Waals surface area contributed by atoms with Crippen LogP contribution in [-0.4, -0.2) is 0 Å². The van der Waals surface area contributed by atoms with E-state index >= 15 is 0 Å². The number of rotatable bonds is 14. The van der Waals surface area contributed by atoms with Crippen LogP contribution in [0.3, 0.4) is 0 Å². The molecule has 0 bridgehead atoms. The summed E-state index contributed by atoms with van der Waals surface area (Å²) < 4.78 is 0. The average Bonchev–Trinajstić information content (AvgIpc) is 2.39. The van der Waals surface area contributed by atoms with Crippen molar-refractivity contribution in [2.45, 2.75) is 97.3 Å². The van der Waals surface area contributed by atoms with E-state index in [0.717, 1.165) is 5.92 Å². The third kappa shape index (κ3) is 12.2. The van der Waals surface area contributed by atoms with E-state index in [2.05, 4.69) is 26.5 Å². The lowest BCUT2D eigenvalue weighted by Crippen LogP contribution is -2.00. The van der Waals surface area contributed by atoms with Gasteiger partial charge in [-0.15, -0.1) is 6.58 Å². The van der Waals surface area contributed by atoms with E-state index < -0.39 is 0 Å². The minimum Gasteiger partial charge on any atom is -0.103 e. The van der Waals surface area contributed by atoms with Crippen LogP contribution in [-0.2, 0) is 0 Å². The van der Waals surface area contributed by atoms with E-state index in [-0.39, 0.29) is 0 Å². The highest BCUT2D eigenvalue weighted by Crippen LogP contribution is 2.22. The van der Waals surface area contributed by atoms with Crippen molar-refractivity contribution in [1.29, 1.82) is 0 Å². The average molecular weight is 252 g/mol. The molecule has 0 N–H and O–H groups in total. The Hall–Kier alpha value is -0.260. The second-order valence-corrected chi connectivity index (χ2v) is 5.78. The first-order chi connectivity index (χ1) is 8.85. The number of hydrogen-bond acceptors (Lipinski definition) is 0. The standard InChI is InChI=1S/C18H36/c1-4-7-10-11-12-14-17-18(15-9-6-3)16-13-8-5-2/h6,18H,3-5,7-17H2,1-2H3. The molecule has 0 aliphatic carbocycles. The van der Waals surface area contributed by atoms with E-state index in [0.29, 0.717) is 0 Å². The van der Waals surface area contributed by atoms with Gasteiger partial charge in [-0.1, -0.05) is 90.6 Å². The first-order valence-electron chi connectivity index (χ1n) is 8.46. The van der Waals surface area contributed by atoms with Gasteiger partial charge < -0.3 is 0 Å². The highest BCUT2D eigenvalue weighted by Gasteiger charge is 2.07. The van der Waals surface area contributed by atoms with Crippen molar-refractivity contribution in [3.63, 3.8) is 0 Å². The van der Waals surface area contributed by atoms with Gasteiger partial charge in [0, 0.05) is 0 Å². The van der Waals surface area contributed by atoms with Gasteiger partial charge in [0.15, 0.2) is 0 Å². The molecule has 0 nitrogen and oxygen atoms in total. The quantitative estimate of drug-likeness (QED) is 0.233. The fraction of sp³-hybridized carbons (Fsp3) is 0.889. The molecule has 1 atom stereocenters. The maximum absolute atomic E-state index is 3.86. The maximum atomic E-state index is 3.86. The molecule has 0 amide bonds. The second-order valence-electron chi connectivity index (χ2n) is 5.78. The molecule has 0 spiro atoms. The zero-order valence-electron chi connectivity index (χ0n) is 13.1. The minimum absolute atomic E-state index is 0.973. The van der Waals surface area contributed by atoms with Gasteiger partial charge in [0.2, 0.25) is 0 Å². The van der Waals surface area contributed by atoms with E-state index in [1.54, 1.807) is 0 Å². The molecule has 0 aliphatic heterocycles. The van der Waals surface area contributed by atoms with Crippen molar-refractivity contribution >= 4 is 0 Å². The Kier molecular flexibility index (Phi) is 14.6. The van der Waals surface area contributed by atoms with Crippen LogP contribution >= 0.6 is 0 Å². The lowest BCUT2D eigenvalue weighted by Gasteiger charge is -2.15. The number of unbranched alkanes of at least 4 members (excludes halogenated alkanes) is 7. The van der Waals surface area contributed by atoms with Crippen molar-refractivity contribution < 1.29 is 0 Å². The molecule has 0 heteroatoms. The summed E-state index contributed by atoms with van der Waals surface area (Å²) in [6.45, 7) is 8.45. The van der Waals surface area contributed by atoms with Gasteiger partial charge in [-0.3, -0.25) is 0 Å². The Bertz CT molecular complexity index is 159. The third-order valence-corrected chi connectivity index (χ3v) is 3.96. The maximum Gasteiger partial charge on any atom is -0.0351 e. The molecular weight excluding hydrogens is 216 g/mol. The van der Waals surface area contributed by atoms with Crippen LogP contribution in [0.15, 0.2) is 12.7 Å². The van der Waals surface area contributed by atoms with Crippen molar-refractivity contribution in [1.82, 2.24) is 0 Å². The van der Waals surface area contributed by atoms with Crippen molar-refractivity contribution in [2.24, 2.45) is 5.92 Å². The van der Waals surface area contributed by atoms with Crippen LogP contribution in [0.2, 0.25) is 0 Å². The second kappa shape index (κ2) is 14.8. The zero-order chi connectivity index (χ0) is 13.5. The molecule has 0 aliphatic rings. The van der Waals surface area contributed by atoms with Crippen LogP contribution in [0.5, 0.6) is 0 Å². The fourth-order valence-corrected chi connectivity index (χ4v) is 2.68. The Morgan fingerprint density at radius 3 is 1.83 bits per heavy atom. The first kappa shape index (κ1) is 17.7. The molecular formula is C18H36. The Labute approximate surface area is 116 Å². The minimum atomic E-state index is 0.973. The van der Waals surface area contributed by atoms with Gasteiger partial charge in [-0.25, -0.2) is 0 Å². The summed E-state index contributed by atoms with van der Waals surface area (Å²) in [7, 11) is 0.